The van der Waals surface area contributed by atoms with Crippen LogP contribution in [0.5, 0.6) is 11.5 Å². The van der Waals surface area contributed by atoms with E-state index >= 15 is 0 Å². The molecule has 0 bridgehead atoms. The van der Waals surface area contributed by atoms with Crippen LogP contribution in [0, 0.1) is 0 Å². The van der Waals surface area contributed by atoms with Gasteiger partial charge in [-0.25, -0.2) is 0 Å². The highest BCUT2D eigenvalue weighted by Gasteiger charge is 2.00. The Balaban J connectivity index is 2.13. The zero-order valence-electron chi connectivity index (χ0n) is 10.6. The summed E-state index contributed by atoms with van der Waals surface area (Å²) in [5, 5.41) is 9.28. The molecule has 0 atom stereocenters. The number of aromatic hydroxyl groups is 1. The normalized spacial score (nSPS) is 10.3. The molecule has 0 saturated heterocycles. The molecule has 0 radical (unpaired) electrons. The molecule has 0 saturated carbocycles. The van der Waals surface area contributed by atoms with Crippen LogP contribution in [-0.4, -0.2) is 11.7 Å². The van der Waals surface area contributed by atoms with Gasteiger partial charge in [0.15, 0.2) is 0 Å². The van der Waals surface area contributed by atoms with Gasteiger partial charge in [-0.3, -0.25) is 0 Å². The summed E-state index contributed by atoms with van der Waals surface area (Å²) < 4.78 is 5.68. The zero-order valence-corrected chi connectivity index (χ0v) is 10.6. The SMILES string of the molecule is CCCCOc1cccc(-c2ccc(O)cc2)c1. The lowest BCUT2D eigenvalue weighted by molar-refractivity contribution is 0.309. The van der Waals surface area contributed by atoms with E-state index in [1.807, 2.05) is 36.4 Å². The highest BCUT2D eigenvalue weighted by Crippen LogP contribution is 2.25. The van der Waals surface area contributed by atoms with Gasteiger partial charge in [0.1, 0.15) is 11.5 Å². The minimum atomic E-state index is 0.286. The third-order valence-corrected chi connectivity index (χ3v) is 2.80. The number of phenols is 1. The largest absolute Gasteiger partial charge is 0.508 e. The Morgan fingerprint density at radius 2 is 1.78 bits per heavy atom. The third kappa shape index (κ3) is 3.27. The standard InChI is InChI=1S/C16H18O2/c1-2-3-11-18-16-6-4-5-14(12-16)13-7-9-15(17)10-8-13/h4-10,12,17H,2-3,11H2,1H3. The summed E-state index contributed by atoms with van der Waals surface area (Å²) in [6.45, 7) is 2.91. The van der Waals surface area contributed by atoms with Crippen molar-refractivity contribution in [2.75, 3.05) is 6.61 Å². The van der Waals surface area contributed by atoms with E-state index in [0.29, 0.717) is 0 Å². The average molecular weight is 242 g/mol. The van der Waals surface area contributed by atoms with Crippen molar-refractivity contribution in [3.05, 3.63) is 48.5 Å². The van der Waals surface area contributed by atoms with E-state index in [1.165, 1.54) is 0 Å². The summed E-state index contributed by atoms with van der Waals surface area (Å²) in [5.74, 6) is 1.18. The molecule has 2 rings (SSSR count). The van der Waals surface area contributed by atoms with Crippen LogP contribution in [0.3, 0.4) is 0 Å². The first kappa shape index (κ1) is 12.5. The minimum absolute atomic E-state index is 0.286. The van der Waals surface area contributed by atoms with Crippen LogP contribution in [0.2, 0.25) is 0 Å². The van der Waals surface area contributed by atoms with E-state index in [-0.39, 0.29) is 5.75 Å². The van der Waals surface area contributed by atoms with Crippen LogP contribution in [0.25, 0.3) is 11.1 Å². The quantitative estimate of drug-likeness (QED) is 0.795. The van der Waals surface area contributed by atoms with Gasteiger partial charge in [-0.05, 0) is 41.8 Å². The topological polar surface area (TPSA) is 29.5 Å². The molecule has 2 aromatic carbocycles. The maximum atomic E-state index is 9.28. The number of rotatable bonds is 5. The molecule has 1 N–H and O–H groups in total. The van der Waals surface area contributed by atoms with Crippen molar-refractivity contribution in [3.8, 4) is 22.6 Å². The molecule has 0 fully saturated rings. The van der Waals surface area contributed by atoms with Gasteiger partial charge in [-0.2, -0.15) is 0 Å². The number of hydrogen-bond acceptors (Lipinski definition) is 2. The summed E-state index contributed by atoms with van der Waals surface area (Å²) in [6.07, 6.45) is 2.21. The fourth-order valence-corrected chi connectivity index (χ4v) is 1.75. The molecule has 0 amide bonds. The van der Waals surface area contributed by atoms with Crippen molar-refractivity contribution in [2.45, 2.75) is 19.8 Å². The van der Waals surface area contributed by atoms with Crippen LogP contribution >= 0.6 is 0 Å². The fourth-order valence-electron chi connectivity index (χ4n) is 1.75. The molecule has 0 unspecified atom stereocenters. The predicted molar refractivity (Wildman–Crippen MR) is 73.9 cm³/mol. The second-order valence-corrected chi connectivity index (χ2v) is 4.28. The van der Waals surface area contributed by atoms with Gasteiger partial charge in [-0.15, -0.1) is 0 Å². The maximum absolute atomic E-state index is 9.28. The second-order valence-electron chi connectivity index (χ2n) is 4.28. The van der Waals surface area contributed by atoms with Gasteiger partial charge < -0.3 is 9.84 Å². The number of phenolic OH excluding ortho intramolecular Hbond substituents is 1. The Morgan fingerprint density at radius 1 is 1.00 bits per heavy atom. The molecular formula is C16H18O2. The van der Waals surface area contributed by atoms with Crippen LogP contribution in [0.4, 0.5) is 0 Å². The van der Waals surface area contributed by atoms with E-state index in [9.17, 15) is 5.11 Å². The summed E-state index contributed by atoms with van der Waals surface area (Å²) in [4.78, 5) is 0. The van der Waals surface area contributed by atoms with Crippen LogP contribution < -0.4 is 4.74 Å². The smallest absolute Gasteiger partial charge is 0.119 e. The van der Waals surface area contributed by atoms with E-state index in [2.05, 4.69) is 6.92 Å². The molecule has 0 spiro atoms. The molecule has 0 aliphatic rings. The van der Waals surface area contributed by atoms with Crippen LogP contribution in [-0.2, 0) is 0 Å². The van der Waals surface area contributed by atoms with Crippen molar-refractivity contribution < 1.29 is 9.84 Å². The molecule has 0 aliphatic carbocycles. The van der Waals surface area contributed by atoms with Gasteiger partial charge in [0.2, 0.25) is 0 Å². The first-order chi connectivity index (χ1) is 8.79. The minimum Gasteiger partial charge on any atom is -0.508 e. The van der Waals surface area contributed by atoms with Crippen molar-refractivity contribution in [3.63, 3.8) is 0 Å². The van der Waals surface area contributed by atoms with Crippen molar-refractivity contribution in [1.29, 1.82) is 0 Å². The fraction of sp³-hybridized carbons (Fsp3) is 0.250. The Labute approximate surface area is 108 Å². The van der Waals surface area contributed by atoms with E-state index in [4.69, 9.17) is 4.74 Å². The van der Waals surface area contributed by atoms with Gasteiger partial charge in [-0.1, -0.05) is 37.6 Å². The molecule has 2 nitrogen and oxygen atoms in total. The van der Waals surface area contributed by atoms with E-state index in [0.717, 1.165) is 36.3 Å². The molecule has 0 heterocycles. The van der Waals surface area contributed by atoms with Crippen molar-refractivity contribution >= 4 is 0 Å². The molecule has 18 heavy (non-hydrogen) atoms. The Hall–Kier alpha value is -1.96. The lowest BCUT2D eigenvalue weighted by Crippen LogP contribution is -1.96. The van der Waals surface area contributed by atoms with E-state index < -0.39 is 0 Å². The Kier molecular flexibility index (Phi) is 4.24. The first-order valence-corrected chi connectivity index (χ1v) is 6.32. The second kappa shape index (κ2) is 6.10. The monoisotopic (exact) mass is 242 g/mol. The molecule has 0 aliphatic heterocycles. The van der Waals surface area contributed by atoms with Crippen molar-refractivity contribution in [2.24, 2.45) is 0 Å². The van der Waals surface area contributed by atoms with E-state index in [1.54, 1.807) is 12.1 Å². The Bertz CT molecular complexity index is 489. The number of benzene rings is 2. The van der Waals surface area contributed by atoms with Crippen LogP contribution in [0.15, 0.2) is 48.5 Å². The lowest BCUT2D eigenvalue weighted by atomic mass is 10.1. The summed E-state index contributed by atoms with van der Waals surface area (Å²) in [7, 11) is 0. The summed E-state index contributed by atoms with van der Waals surface area (Å²) in [6, 6.07) is 15.2. The van der Waals surface area contributed by atoms with Crippen molar-refractivity contribution in [1.82, 2.24) is 0 Å². The number of unbranched alkanes of at least 4 members (excludes halogenated alkanes) is 1. The molecular weight excluding hydrogens is 224 g/mol. The van der Waals surface area contributed by atoms with Gasteiger partial charge in [0, 0.05) is 0 Å². The predicted octanol–water partition coefficient (Wildman–Crippen LogP) is 4.24. The highest BCUT2D eigenvalue weighted by atomic mass is 16.5. The van der Waals surface area contributed by atoms with Gasteiger partial charge in [0.05, 0.1) is 6.61 Å². The first-order valence-electron chi connectivity index (χ1n) is 6.32. The van der Waals surface area contributed by atoms with Crippen LogP contribution in [0.1, 0.15) is 19.8 Å². The lowest BCUT2D eigenvalue weighted by Gasteiger charge is -2.07. The maximum Gasteiger partial charge on any atom is 0.119 e. The Morgan fingerprint density at radius 3 is 2.50 bits per heavy atom. The third-order valence-electron chi connectivity index (χ3n) is 2.80. The summed E-state index contributed by atoms with van der Waals surface area (Å²) in [5.41, 5.74) is 2.18. The van der Waals surface area contributed by atoms with Gasteiger partial charge in [0.25, 0.3) is 0 Å². The average Bonchev–Trinajstić information content (AvgIpc) is 2.40. The molecule has 0 aromatic heterocycles. The molecule has 2 aromatic rings. The summed E-state index contributed by atoms with van der Waals surface area (Å²) >= 11 is 0. The number of ether oxygens (including phenoxy) is 1. The zero-order chi connectivity index (χ0) is 12.8. The number of hydrogen-bond donors (Lipinski definition) is 1. The molecule has 2 heteroatoms. The molecule has 94 valence electrons. The van der Waals surface area contributed by atoms with Gasteiger partial charge >= 0.3 is 0 Å². The highest BCUT2D eigenvalue weighted by molar-refractivity contribution is 5.65.